The lowest BCUT2D eigenvalue weighted by Gasteiger charge is -2.28. The van der Waals surface area contributed by atoms with Gasteiger partial charge in [0.2, 0.25) is 0 Å². The van der Waals surface area contributed by atoms with Gasteiger partial charge in [0, 0.05) is 0 Å². The van der Waals surface area contributed by atoms with Gasteiger partial charge in [0.05, 0.1) is 0 Å². The molecule has 1 aliphatic rings. The second kappa shape index (κ2) is 6.08. The Balaban J connectivity index is 0.000000606. The fourth-order valence-corrected chi connectivity index (χ4v) is 2.56. The van der Waals surface area contributed by atoms with Gasteiger partial charge in [-0.2, -0.15) is 0 Å². The van der Waals surface area contributed by atoms with E-state index in [-0.39, 0.29) is 0 Å². The molecule has 0 heterocycles. The topological polar surface area (TPSA) is 0 Å². The highest BCUT2D eigenvalue weighted by Crippen LogP contribution is 2.31. The van der Waals surface area contributed by atoms with Gasteiger partial charge in [0.15, 0.2) is 0 Å². The van der Waals surface area contributed by atoms with Crippen LogP contribution in [-0.4, -0.2) is 0 Å². The summed E-state index contributed by atoms with van der Waals surface area (Å²) in [4.78, 5) is 0. The SMILES string of the molecule is CC.Cc1cccc2c1CC(C(C)C)CC2. The largest absolute Gasteiger partial charge is 0.0683 e. The maximum atomic E-state index is 2.36. The van der Waals surface area contributed by atoms with Crippen LogP contribution < -0.4 is 0 Å². The third-order valence-electron chi connectivity index (χ3n) is 3.70. The van der Waals surface area contributed by atoms with Crippen LogP contribution in [-0.2, 0) is 12.8 Å². The first kappa shape index (κ1) is 13.3. The van der Waals surface area contributed by atoms with Crippen molar-refractivity contribution in [3.05, 3.63) is 34.9 Å². The smallest absolute Gasteiger partial charge is 0.0242 e. The molecule has 0 amide bonds. The van der Waals surface area contributed by atoms with E-state index in [0.717, 1.165) is 11.8 Å². The number of rotatable bonds is 1. The van der Waals surface area contributed by atoms with Crippen molar-refractivity contribution in [3.63, 3.8) is 0 Å². The molecule has 1 aromatic carbocycles. The van der Waals surface area contributed by atoms with Crippen molar-refractivity contribution in [1.29, 1.82) is 0 Å². The summed E-state index contributed by atoms with van der Waals surface area (Å²) in [6.45, 7) is 11.0. The molecule has 16 heavy (non-hydrogen) atoms. The van der Waals surface area contributed by atoms with Gasteiger partial charge >= 0.3 is 0 Å². The fraction of sp³-hybridized carbons (Fsp3) is 0.625. The Hall–Kier alpha value is -0.780. The normalized spacial score (nSPS) is 18.8. The molecule has 0 bridgehead atoms. The summed E-state index contributed by atoms with van der Waals surface area (Å²) >= 11 is 0. The maximum absolute atomic E-state index is 2.36. The second-order valence-electron chi connectivity index (χ2n) is 4.96. The number of hydrogen-bond acceptors (Lipinski definition) is 0. The van der Waals surface area contributed by atoms with Crippen LogP contribution in [0.15, 0.2) is 18.2 Å². The van der Waals surface area contributed by atoms with E-state index in [1.807, 2.05) is 13.8 Å². The standard InChI is InChI=1S/C14H20.C2H6/c1-10(2)13-8-7-12-6-4-5-11(3)14(12)9-13;1-2/h4-6,10,13H,7-9H2,1-3H3;1-2H3. The quantitative estimate of drug-likeness (QED) is 0.636. The minimum absolute atomic E-state index is 0.836. The summed E-state index contributed by atoms with van der Waals surface area (Å²) in [6, 6.07) is 6.75. The summed E-state index contributed by atoms with van der Waals surface area (Å²) in [5, 5.41) is 0. The lowest BCUT2D eigenvalue weighted by molar-refractivity contribution is 0.342. The van der Waals surface area contributed by atoms with Crippen LogP contribution in [0.3, 0.4) is 0 Å². The van der Waals surface area contributed by atoms with E-state index in [1.54, 1.807) is 11.1 Å². The van der Waals surface area contributed by atoms with Crippen LogP contribution in [0, 0.1) is 18.8 Å². The average molecular weight is 218 g/mol. The van der Waals surface area contributed by atoms with Gasteiger partial charge in [0.1, 0.15) is 0 Å². The van der Waals surface area contributed by atoms with Crippen LogP contribution in [0.4, 0.5) is 0 Å². The minimum atomic E-state index is 0.836. The maximum Gasteiger partial charge on any atom is -0.0242 e. The lowest BCUT2D eigenvalue weighted by atomic mass is 9.77. The van der Waals surface area contributed by atoms with Crippen molar-refractivity contribution in [2.45, 2.75) is 53.9 Å². The molecule has 0 nitrogen and oxygen atoms in total. The molecule has 90 valence electrons. The van der Waals surface area contributed by atoms with Gasteiger partial charge in [-0.3, -0.25) is 0 Å². The van der Waals surface area contributed by atoms with Crippen molar-refractivity contribution in [2.24, 2.45) is 11.8 Å². The highest BCUT2D eigenvalue weighted by molar-refractivity contribution is 5.36. The number of benzene rings is 1. The first-order valence-electron chi connectivity index (χ1n) is 6.76. The van der Waals surface area contributed by atoms with E-state index in [0.29, 0.717) is 0 Å². The van der Waals surface area contributed by atoms with Crippen molar-refractivity contribution in [3.8, 4) is 0 Å². The van der Waals surface area contributed by atoms with Gasteiger partial charge in [-0.1, -0.05) is 45.9 Å². The molecule has 1 unspecified atom stereocenters. The molecule has 1 aromatic rings. The highest BCUT2D eigenvalue weighted by atomic mass is 14.3. The molecule has 2 rings (SSSR count). The van der Waals surface area contributed by atoms with Crippen LogP contribution in [0.1, 0.15) is 50.8 Å². The Morgan fingerprint density at radius 2 is 1.88 bits per heavy atom. The summed E-state index contributed by atoms with van der Waals surface area (Å²) in [5.74, 6) is 1.74. The lowest BCUT2D eigenvalue weighted by Crippen LogP contribution is -2.19. The minimum Gasteiger partial charge on any atom is -0.0683 e. The van der Waals surface area contributed by atoms with Gasteiger partial charge < -0.3 is 0 Å². The molecule has 1 aliphatic carbocycles. The van der Waals surface area contributed by atoms with Crippen molar-refractivity contribution < 1.29 is 0 Å². The zero-order chi connectivity index (χ0) is 12.1. The summed E-state index contributed by atoms with van der Waals surface area (Å²) in [7, 11) is 0. The van der Waals surface area contributed by atoms with Crippen LogP contribution >= 0.6 is 0 Å². The fourth-order valence-electron chi connectivity index (χ4n) is 2.56. The molecule has 0 heteroatoms. The van der Waals surface area contributed by atoms with E-state index in [1.165, 1.54) is 24.8 Å². The molecular weight excluding hydrogens is 192 g/mol. The number of aryl methyl sites for hydroxylation is 2. The second-order valence-corrected chi connectivity index (χ2v) is 4.96. The van der Waals surface area contributed by atoms with Crippen LogP contribution in [0.2, 0.25) is 0 Å². The molecule has 0 saturated carbocycles. The van der Waals surface area contributed by atoms with Crippen molar-refractivity contribution in [1.82, 2.24) is 0 Å². The van der Waals surface area contributed by atoms with Crippen LogP contribution in [0.25, 0.3) is 0 Å². The molecule has 0 aliphatic heterocycles. The van der Waals surface area contributed by atoms with Gasteiger partial charge in [0.25, 0.3) is 0 Å². The molecular formula is C16H26. The Bertz CT molecular complexity index is 323. The monoisotopic (exact) mass is 218 g/mol. The average Bonchev–Trinajstić information content (AvgIpc) is 2.32. The molecule has 0 N–H and O–H groups in total. The third kappa shape index (κ3) is 2.87. The predicted octanol–water partition coefficient (Wildman–Crippen LogP) is 4.78. The number of hydrogen-bond donors (Lipinski definition) is 0. The van der Waals surface area contributed by atoms with Crippen molar-refractivity contribution in [2.75, 3.05) is 0 Å². The van der Waals surface area contributed by atoms with Gasteiger partial charge in [-0.05, 0) is 54.7 Å². The number of fused-ring (bicyclic) bond motifs is 1. The predicted molar refractivity (Wildman–Crippen MR) is 72.9 cm³/mol. The summed E-state index contributed by atoms with van der Waals surface area (Å²) in [6.07, 6.45) is 3.98. The van der Waals surface area contributed by atoms with Gasteiger partial charge in [-0.15, -0.1) is 0 Å². The molecule has 1 atom stereocenters. The molecule has 0 aromatic heterocycles. The first-order chi connectivity index (χ1) is 7.68. The third-order valence-corrected chi connectivity index (χ3v) is 3.70. The van der Waals surface area contributed by atoms with Crippen molar-refractivity contribution >= 4 is 0 Å². The molecule has 0 fully saturated rings. The first-order valence-corrected chi connectivity index (χ1v) is 6.76. The van der Waals surface area contributed by atoms with E-state index < -0.39 is 0 Å². The highest BCUT2D eigenvalue weighted by Gasteiger charge is 2.21. The van der Waals surface area contributed by atoms with E-state index in [4.69, 9.17) is 0 Å². The Kier molecular flexibility index (Phi) is 5.05. The Morgan fingerprint density at radius 3 is 2.50 bits per heavy atom. The zero-order valence-corrected chi connectivity index (χ0v) is 11.5. The molecule has 0 saturated heterocycles. The van der Waals surface area contributed by atoms with E-state index in [9.17, 15) is 0 Å². The van der Waals surface area contributed by atoms with Crippen LogP contribution in [0.5, 0.6) is 0 Å². The Labute approximate surface area is 101 Å². The molecule has 0 spiro atoms. The summed E-state index contributed by atoms with van der Waals surface area (Å²) < 4.78 is 0. The van der Waals surface area contributed by atoms with Gasteiger partial charge in [-0.25, -0.2) is 0 Å². The van der Waals surface area contributed by atoms with E-state index in [2.05, 4.69) is 39.0 Å². The molecule has 0 radical (unpaired) electrons. The zero-order valence-electron chi connectivity index (χ0n) is 11.5. The van der Waals surface area contributed by atoms with E-state index >= 15 is 0 Å². The Morgan fingerprint density at radius 1 is 1.19 bits per heavy atom. The summed E-state index contributed by atoms with van der Waals surface area (Å²) in [5.41, 5.74) is 4.73.